The van der Waals surface area contributed by atoms with Gasteiger partial charge in [-0.1, -0.05) is 13.0 Å². The number of nitrogens with zero attached hydrogens (tertiary/aromatic N) is 2. The first-order valence-electron chi connectivity index (χ1n) is 7.17. The fourth-order valence-corrected chi connectivity index (χ4v) is 3.54. The predicted molar refractivity (Wildman–Crippen MR) is 85.1 cm³/mol. The Morgan fingerprint density at radius 1 is 1.58 bits per heavy atom. The monoisotopic (exact) mass is 279 g/mol. The van der Waals surface area contributed by atoms with Crippen LogP contribution in [0.15, 0.2) is 12.3 Å². The first-order valence-corrected chi connectivity index (χ1v) is 8.32. The quantitative estimate of drug-likeness (QED) is 0.920. The van der Waals surface area contributed by atoms with Crippen molar-refractivity contribution in [1.82, 2.24) is 4.98 Å². The lowest BCUT2D eigenvalue weighted by molar-refractivity contribution is 0.643. The summed E-state index contributed by atoms with van der Waals surface area (Å²) in [6.45, 7) is 7.69. The van der Waals surface area contributed by atoms with E-state index in [2.05, 4.69) is 31.7 Å². The van der Waals surface area contributed by atoms with Gasteiger partial charge in [-0.2, -0.15) is 11.8 Å². The van der Waals surface area contributed by atoms with E-state index in [1.807, 2.05) is 18.0 Å². The Bertz CT molecular complexity index is 422. The highest BCUT2D eigenvalue weighted by molar-refractivity contribution is 7.99. The van der Waals surface area contributed by atoms with Crippen molar-refractivity contribution in [3.05, 3.63) is 23.4 Å². The van der Waals surface area contributed by atoms with Crippen molar-refractivity contribution >= 4 is 17.6 Å². The molecule has 1 fully saturated rings. The molecule has 0 bridgehead atoms. The lowest BCUT2D eigenvalue weighted by Crippen LogP contribution is -2.41. The minimum absolute atomic E-state index is 0.248. The molecule has 2 unspecified atom stereocenters. The number of hydrogen-bond donors (Lipinski definition) is 1. The summed E-state index contributed by atoms with van der Waals surface area (Å²) in [6, 6.07) is 3.08. The van der Waals surface area contributed by atoms with Crippen LogP contribution in [0, 0.1) is 6.92 Å². The summed E-state index contributed by atoms with van der Waals surface area (Å²) in [7, 11) is 0. The van der Waals surface area contributed by atoms with Gasteiger partial charge in [0, 0.05) is 36.3 Å². The van der Waals surface area contributed by atoms with Gasteiger partial charge in [0.15, 0.2) is 0 Å². The summed E-state index contributed by atoms with van der Waals surface area (Å²) in [5, 5.41) is 0. The minimum atomic E-state index is 0.248. The van der Waals surface area contributed by atoms with Gasteiger partial charge in [-0.05, 0) is 37.8 Å². The molecule has 1 aromatic rings. The highest BCUT2D eigenvalue weighted by Gasteiger charge is 2.21. The maximum absolute atomic E-state index is 6.02. The lowest BCUT2D eigenvalue weighted by atomic mass is 10.0. The van der Waals surface area contributed by atoms with Gasteiger partial charge in [0.1, 0.15) is 5.82 Å². The van der Waals surface area contributed by atoms with E-state index < -0.39 is 0 Å². The fourth-order valence-electron chi connectivity index (χ4n) is 2.53. The Morgan fingerprint density at radius 3 is 3.00 bits per heavy atom. The highest BCUT2D eigenvalue weighted by atomic mass is 32.2. The number of nitrogens with two attached hydrogens (primary N) is 1. The number of thioether (sulfide) groups is 1. The van der Waals surface area contributed by atoms with Gasteiger partial charge in [0.25, 0.3) is 0 Å². The Labute approximate surface area is 121 Å². The van der Waals surface area contributed by atoms with E-state index in [1.54, 1.807) is 0 Å². The van der Waals surface area contributed by atoms with Gasteiger partial charge in [0.2, 0.25) is 0 Å². The first kappa shape index (κ1) is 14.7. The molecular weight excluding hydrogens is 254 g/mol. The summed E-state index contributed by atoms with van der Waals surface area (Å²) in [4.78, 5) is 7.14. The van der Waals surface area contributed by atoms with Gasteiger partial charge < -0.3 is 10.6 Å². The average molecular weight is 279 g/mol. The summed E-state index contributed by atoms with van der Waals surface area (Å²) in [5.41, 5.74) is 8.55. The van der Waals surface area contributed by atoms with Crippen LogP contribution in [0.25, 0.3) is 0 Å². The van der Waals surface area contributed by atoms with Crippen LogP contribution in [-0.2, 0) is 6.42 Å². The molecule has 4 heteroatoms. The summed E-state index contributed by atoms with van der Waals surface area (Å²) >= 11 is 2.04. The second kappa shape index (κ2) is 6.62. The molecule has 3 nitrogen and oxygen atoms in total. The van der Waals surface area contributed by atoms with Crippen LogP contribution in [-0.4, -0.2) is 35.1 Å². The Kier molecular flexibility index (Phi) is 5.11. The number of pyridine rings is 1. The van der Waals surface area contributed by atoms with Crippen LogP contribution in [0.3, 0.4) is 0 Å². The third-order valence-electron chi connectivity index (χ3n) is 3.77. The van der Waals surface area contributed by atoms with Gasteiger partial charge in [0.05, 0.1) is 0 Å². The Balaban J connectivity index is 2.14. The molecule has 2 atom stereocenters. The number of aromatic nitrogens is 1. The van der Waals surface area contributed by atoms with Gasteiger partial charge in [-0.15, -0.1) is 0 Å². The van der Waals surface area contributed by atoms with E-state index >= 15 is 0 Å². The molecule has 0 saturated carbocycles. The number of anilines is 1. The molecule has 0 spiro atoms. The van der Waals surface area contributed by atoms with Crippen molar-refractivity contribution in [2.45, 2.75) is 45.7 Å². The molecule has 1 aliphatic rings. The topological polar surface area (TPSA) is 42.1 Å². The van der Waals surface area contributed by atoms with Crippen LogP contribution in [0.5, 0.6) is 0 Å². The molecule has 2 rings (SSSR count). The molecule has 0 aromatic carbocycles. The van der Waals surface area contributed by atoms with E-state index in [-0.39, 0.29) is 6.04 Å². The number of hydrogen-bond acceptors (Lipinski definition) is 4. The van der Waals surface area contributed by atoms with Crippen molar-refractivity contribution in [3.63, 3.8) is 0 Å². The zero-order valence-electron chi connectivity index (χ0n) is 12.2. The molecule has 2 heterocycles. The van der Waals surface area contributed by atoms with Crippen molar-refractivity contribution in [2.75, 3.05) is 23.0 Å². The largest absolute Gasteiger partial charge is 0.352 e. The van der Waals surface area contributed by atoms with E-state index in [4.69, 9.17) is 10.7 Å². The highest BCUT2D eigenvalue weighted by Crippen LogP contribution is 2.25. The smallest absolute Gasteiger partial charge is 0.131 e. The van der Waals surface area contributed by atoms with Crippen molar-refractivity contribution in [2.24, 2.45) is 5.73 Å². The molecular formula is C15H25N3S. The van der Waals surface area contributed by atoms with E-state index in [9.17, 15) is 0 Å². The summed E-state index contributed by atoms with van der Waals surface area (Å²) < 4.78 is 0. The van der Waals surface area contributed by atoms with E-state index in [0.717, 1.165) is 25.2 Å². The van der Waals surface area contributed by atoms with Crippen molar-refractivity contribution in [1.29, 1.82) is 0 Å². The standard InChI is InChI=1S/C15H25N3S/c1-4-14(16)8-13-7-11(2)15(17-9-13)18-5-6-19-10-12(18)3/h7,9,12,14H,4-6,8,10,16H2,1-3H3. The molecule has 19 heavy (non-hydrogen) atoms. The zero-order valence-corrected chi connectivity index (χ0v) is 13.0. The second-order valence-electron chi connectivity index (χ2n) is 5.47. The van der Waals surface area contributed by atoms with Crippen LogP contribution in [0.4, 0.5) is 5.82 Å². The summed E-state index contributed by atoms with van der Waals surface area (Å²) in [6.07, 6.45) is 3.95. The molecule has 0 aliphatic carbocycles. The number of rotatable bonds is 4. The van der Waals surface area contributed by atoms with Crippen LogP contribution in [0.1, 0.15) is 31.4 Å². The second-order valence-corrected chi connectivity index (χ2v) is 6.62. The zero-order chi connectivity index (χ0) is 13.8. The fraction of sp³-hybridized carbons (Fsp3) is 0.667. The SMILES string of the molecule is CCC(N)Cc1cnc(N2CCSCC2C)c(C)c1. The molecule has 1 aliphatic heterocycles. The summed E-state index contributed by atoms with van der Waals surface area (Å²) in [5.74, 6) is 3.55. The third-order valence-corrected chi connectivity index (χ3v) is 4.96. The van der Waals surface area contributed by atoms with Crippen LogP contribution >= 0.6 is 11.8 Å². The minimum Gasteiger partial charge on any atom is -0.352 e. The Hall–Kier alpha value is -0.740. The predicted octanol–water partition coefficient (Wildman–Crippen LogP) is 2.61. The molecule has 1 aromatic heterocycles. The molecule has 106 valence electrons. The van der Waals surface area contributed by atoms with Crippen molar-refractivity contribution in [3.8, 4) is 0 Å². The average Bonchev–Trinajstić information content (AvgIpc) is 2.40. The Morgan fingerprint density at radius 2 is 2.37 bits per heavy atom. The maximum atomic E-state index is 6.02. The third kappa shape index (κ3) is 3.63. The van der Waals surface area contributed by atoms with Gasteiger partial charge in [-0.3, -0.25) is 0 Å². The molecule has 0 amide bonds. The van der Waals surface area contributed by atoms with E-state index in [0.29, 0.717) is 6.04 Å². The van der Waals surface area contributed by atoms with E-state index in [1.165, 1.54) is 22.6 Å². The first-order chi connectivity index (χ1) is 9.11. The van der Waals surface area contributed by atoms with Crippen molar-refractivity contribution < 1.29 is 0 Å². The molecule has 0 radical (unpaired) electrons. The normalized spacial score (nSPS) is 21.5. The molecule has 2 N–H and O–H groups in total. The van der Waals surface area contributed by atoms with Gasteiger partial charge in [-0.25, -0.2) is 4.98 Å². The van der Waals surface area contributed by atoms with Gasteiger partial charge >= 0.3 is 0 Å². The molecule has 1 saturated heterocycles. The van der Waals surface area contributed by atoms with Crippen LogP contribution < -0.4 is 10.6 Å². The number of aryl methyl sites for hydroxylation is 1. The van der Waals surface area contributed by atoms with Crippen LogP contribution in [0.2, 0.25) is 0 Å². The maximum Gasteiger partial charge on any atom is 0.131 e. The lowest BCUT2D eigenvalue weighted by Gasteiger charge is -2.35.